The Balaban J connectivity index is 2.24. The summed E-state index contributed by atoms with van der Waals surface area (Å²) < 4.78 is 18.2. The monoisotopic (exact) mass is 574 g/mol. The molecule has 0 aromatic heterocycles. The maximum atomic E-state index is 6.95. The minimum atomic E-state index is -2.30. The summed E-state index contributed by atoms with van der Waals surface area (Å²) in [4.78, 5) is 0. The fourth-order valence-electron chi connectivity index (χ4n) is 5.39. The van der Waals surface area contributed by atoms with Gasteiger partial charge in [-0.2, -0.15) is 0 Å². The molecular weight excluding hydrogens is 519 g/mol. The van der Waals surface area contributed by atoms with E-state index >= 15 is 0 Å². The number of unbranched alkanes of at least 4 members (excludes halogenated alkanes) is 7. The Morgan fingerprint density at radius 1 is 0.688 bits per heavy atom. The van der Waals surface area contributed by atoms with Gasteiger partial charge in [0.15, 0.2) is 0 Å². The van der Waals surface area contributed by atoms with Crippen LogP contribution < -0.4 is 0 Å². The van der Waals surface area contributed by atoms with E-state index in [-0.39, 0.29) is 13.7 Å². The van der Waals surface area contributed by atoms with Crippen LogP contribution in [0.15, 0.2) is 22.3 Å². The molecule has 1 fully saturated rings. The van der Waals surface area contributed by atoms with Gasteiger partial charge in [0.1, 0.15) is 0 Å². The fourth-order valence-corrected chi connectivity index (χ4v) is 35.0. The number of thiol groups is 1. The molecular formula is C28H54O2SSn. The molecule has 0 aliphatic carbocycles. The molecule has 4 heteroatoms. The first-order chi connectivity index (χ1) is 15.6. The Morgan fingerprint density at radius 2 is 1.16 bits per heavy atom. The van der Waals surface area contributed by atoms with E-state index in [1.54, 1.807) is 13.3 Å². The Hall–Kier alpha value is 0.229. The molecule has 2 aliphatic rings. The van der Waals surface area contributed by atoms with Crippen molar-refractivity contribution in [2.75, 3.05) is 6.61 Å². The van der Waals surface area contributed by atoms with E-state index in [0.29, 0.717) is 0 Å². The summed E-state index contributed by atoms with van der Waals surface area (Å²) in [5, 5.41) is 5.24. The zero-order valence-electron chi connectivity index (χ0n) is 22.1. The quantitative estimate of drug-likeness (QED) is 0.1000. The van der Waals surface area contributed by atoms with Crippen molar-refractivity contribution in [1.29, 1.82) is 0 Å². The molecule has 0 amide bonds. The van der Waals surface area contributed by atoms with Gasteiger partial charge in [-0.1, -0.05) is 0 Å². The van der Waals surface area contributed by atoms with E-state index in [1.165, 1.54) is 77.0 Å². The zero-order valence-corrected chi connectivity index (χ0v) is 25.9. The van der Waals surface area contributed by atoms with Gasteiger partial charge in [-0.05, 0) is 0 Å². The molecule has 0 aromatic rings. The molecule has 1 saturated heterocycles. The molecule has 188 valence electrons. The molecule has 0 saturated carbocycles. The molecule has 0 spiro atoms. The molecule has 32 heavy (non-hydrogen) atoms. The van der Waals surface area contributed by atoms with Gasteiger partial charge in [-0.15, -0.1) is 0 Å². The summed E-state index contributed by atoms with van der Waals surface area (Å²) in [5.41, 5.74) is -0.0761. The third kappa shape index (κ3) is 8.17. The molecule has 2 nitrogen and oxygen atoms in total. The van der Waals surface area contributed by atoms with Gasteiger partial charge in [0.05, 0.1) is 0 Å². The van der Waals surface area contributed by atoms with E-state index < -0.39 is 17.0 Å². The van der Waals surface area contributed by atoms with Crippen molar-refractivity contribution in [1.82, 2.24) is 0 Å². The number of ether oxygens (including phenoxy) is 2. The van der Waals surface area contributed by atoms with Crippen LogP contribution in [0.5, 0.6) is 0 Å². The SMILES string of the molecule is CCCCCC1(CCCCC)COC2=C[SH]([Sn]([CH2]CCC)([CH2]CCC)[CH2]CCC)C=C2O1. The third-order valence-corrected chi connectivity index (χ3v) is 36.8. The molecule has 0 radical (unpaired) electrons. The van der Waals surface area contributed by atoms with E-state index in [2.05, 4.69) is 45.4 Å². The Labute approximate surface area is 206 Å². The third-order valence-electron chi connectivity index (χ3n) is 7.58. The number of rotatable bonds is 18. The predicted molar refractivity (Wildman–Crippen MR) is 148 cm³/mol. The van der Waals surface area contributed by atoms with Gasteiger partial charge in [0.2, 0.25) is 0 Å². The van der Waals surface area contributed by atoms with Crippen molar-refractivity contribution in [2.45, 2.75) is 143 Å². The summed E-state index contributed by atoms with van der Waals surface area (Å²) in [6, 6.07) is 0. The molecule has 2 aliphatic heterocycles. The average molecular weight is 574 g/mol. The van der Waals surface area contributed by atoms with Gasteiger partial charge in [-0.25, -0.2) is 0 Å². The Morgan fingerprint density at radius 3 is 1.62 bits per heavy atom. The van der Waals surface area contributed by atoms with Crippen molar-refractivity contribution in [3.05, 3.63) is 22.3 Å². The van der Waals surface area contributed by atoms with Crippen molar-refractivity contribution < 1.29 is 9.47 Å². The summed E-state index contributed by atoms with van der Waals surface area (Å²) in [6.45, 7) is 12.5. The topological polar surface area (TPSA) is 18.5 Å². The van der Waals surface area contributed by atoms with Crippen LogP contribution >= 0.6 is 8.08 Å². The first-order valence-corrected chi connectivity index (χ1v) is 25.5. The van der Waals surface area contributed by atoms with Crippen LogP contribution in [-0.4, -0.2) is 29.2 Å². The van der Waals surface area contributed by atoms with Crippen molar-refractivity contribution in [2.24, 2.45) is 0 Å². The van der Waals surface area contributed by atoms with Crippen LogP contribution in [0.4, 0.5) is 0 Å². The van der Waals surface area contributed by atoms with Crippen LogP contribution in [-0.2, 0) is 9.47 Å². The summed E-state index contributed by atoms with van der Waals surface area (Å²) in [5.74, 6) is 2.28. The number of hydrogen-bond acceptors (Lipinski definition) is 2. The van der Waals surface area contributed by atoms with Gasteiger partial charge >= 0.3 is 207 Å². The Kier molecular flexibility index (Phi) is 13.6. The molecule has 0 bridgehead atoms. The second kappa shape index (κ2) is 15.3. The average Bonchev–Trinajstić information content (AvgIpc) is 3.23. The maximum absolute atomic E-state index is 6.95. The van der Waals surface area contributed by atoms with E-state index in [9.17, 15) is 0 Å². The van der Waals surface area contributed by atoms with Crippen molar-refractivity contribution in [3.8, 4) is 0 Å². The van der Waals surface area contributed by atoms with E-state index in [0.717, 1.165) is 31.0 Å². The molecule has 1 unspecified atom stereocenters. The summed E-state index contributed by atoms with van der Waals surface area (Å²) in [6.07, 6.45) is 18.3. The summed E-state index contributed by atoms with van der Waals surface area (Å²) >= 11 is -2.30. The van der Waals surface area contributed by atoms with Crippen LogP contribution in [0.3, 0.4) is 0 Å². The second-order valence-corrected chi connectivity index (χ2v) is 33.8. The number of hydrogen-bond donors (Lipinski definition) is 1. The van der Waals surface area contributed by atoms with Gasteiger partial charge in [0, 0.05) is 0 Å². The molecule has 0 aromatic carbocycles. The van der Waals surface area contributed by atoms with Crippen LogP contribution in [0, 0.1) is 0 Å². The summed E-state index contributed by atoms with van der Waals surface area (Å²) in [7, 11) is -0.115. The van der Waals surface area contributed by atoms with Gasteiger partial charge < -0.3 is 0 Å². The van der Waals surface area contributed by atoms with Crippen LogP contribution in [0.2, 0.25) is 13.3 Å². The Bertz CT molecular complexity index is 554. The minimum absolute atomic E-state index is 0.0761. The fraction of sp³-hybridized carbons (Fsp3) is 0.857. The van der Waals surface area contributed by atoms with E-state index in [1.807, 2.05) is 0 Å². The van der Waals surface area contributed by atoms with E-state index in [4.69, 9.17) is 9.47 Å². The number of fused-ring (bicyclic) bond motifs is 1. The zero-order chi connectivity index (χ0) is 23.3. The molecule has 2 rings (SSSR count). The van der Waals surface area contributed by atoms with Crippen LogP contribution in [0.25, 0.3) is 0 Å². The molecule has 1 atom stereocenters. The van der Waals surface area contributed by atoms with Crippen LogP contribution in [0.1, 0.15) is 125 Å². The predicted octanol–water partition coefficient (Wildman–Crippen LogP) is 9.98. The second-order valence-electron chi connectivity index (χ2n) is 10.4. The first kappa shape index (κ1) is 28.5. The normalized spacial score (nSPS) is 20.8. The van der Waals surface area contributed by atoms with Crippen molar-refractivity contribution in [3.63, 3.8) is 0 Å². The van der Waals surface area contributed by atoms with Gasteiger partial charge in [0.25, 0.3) is 0 Å². The van der Waals surface area contributed by atoms with Gasteiger partial charge in [-0.3, -0.25) is 0 Å². The van der Waals surface area contributed by atoms with Crippen molar-refractivity contribution >= 4 is 25.1 Å². The first-order valence-electron chi connectivity index (χ1n) is 14.1. The molecule has 2 heterocycles. The molecule has 0 N–H and O–H groups in total. The standard InChI is InChI=1S/C16H26O2S.3C4H9.Sn/c1-3-5-7-9-16(10-8-6-4-2)13-17-14-11-19-12-15(14)18-16;3*1-3-4-2;/h11-12H,3-10,13H2,1-2H3;3*1,3-4H2,2H3;/q;;;;-1/p+1.